The van der Waals surface area contributed by atoms with Gasteiger partial charge in [0.1, 0.15) is 11.6 Å². The summed E-state index contributed by atoms with van der Waals surface area (Å²) < 4.78 is 40.7. The third-order valence-corrected chi connectivity index (χ3v) is 5.12. The average Bonchev–Trinajstić information content (AvgIpc) is 3.21. The van der Waals surface area contributed by atoms with Crippen LogP contribution in [0.25, 0.3) is 34.5 Å². The summed E-state index contributed by atoms with van der Waals surface area (Å²) >= 11 is 12.2. The lowest BCUT2D eigenvalue weighted by molar-refractivity contribution is -0.274. The number of aromatic amines is 1. The van der Waals surface area contributed by atoms with Crippen LogP contribution in [-0.4, -0.2) is 16.3 Å². The van der Waals surface area contributed by atoms with Gasteiger partial charge in [-0.05, 0) is 53.1 Å². The Morgan fingerprint density at radius 1 is 0.844 bits per heavy atom. The second-order valence-electron chi connectivity index (χ2n) is 6.82. The molecule has 0 saturated carbocycles. The van der Waals surface area contributed by atoms with Gasteiger partial charge in [0, 0.05) is 16.8 Å². The fourth-order valence-electron chi connectivity index (χ4n) is 3.07. The molecule has 1 aromatic heterocycles. The van der Waals surface area contributed by atoms with E-state index in [1.807, 2.05) is 42.5 Å². The van der Waals surface area contributed by atoms with Gasteiger partial charge in [-0.3, -0.25) is 0 Å². The highest BCUT2D eigenvalue weighted by Gasteiger charge is 2.30. The molecule has 3 nitrogen and oxygen atoms in total. The topological polar surface area (TPSA) is 37.9 Å². The molecule has 4 aromatic rings. The van der Waals surface area contributed by atoms with Crippen LogP contribution in [0.4, 0.5) is 13.2 Å². The summed E-state index contributed by atoms with van der Waals surface area (Å²) in [6.45, 7) is 0. The largest absolute Gasteiger partial charge is 0.573 e. The molecule has 4 rings (SSSR count). The van der Waals surface area contributed by atoms with Crippen molar-refractivity contribution in [1.29, 1.82) is 0 Å². The summed E-state index contributed by atoms with van der Waals surface area (Å²) in [5, 5.41) is 1.08. The van der Waals surface area contributed by atoms with Crippen LogP contribution in [0.5, 0.6) is 5.75 Å². The number of halogens is 5. The number of H-pyrrole nitrogens is 1. The zero-order valence-electron chi connectivity index (χ0n) is 16.3. The molecule has 0 aliphatic heterocycles. The highest BCUT2D eigenvalue weighted by atomic mass is 35.5. The monoisotopic (exact) mass is 474 g/mol. The molecule has 0 bridgehead atoms. The smallest absolute Gasteiger partial charge is 0.406 e. The minimum absolute atomic E-state index is 0.251. The van der Waals surface area contributed by atoms with Crippen molar-refractivity contribution in [1.82, 2.24) is 9.97 Å². The van der Waals surface area contributed by atoms with Crippen molar-refractivity contribution in [3.05, 3.63) is 94.4 Å². The van der Waals surface area contributed by atoms with E-state index in [1.54, 1.807) is 30.5 Å². The number of nitrogens with zero attached hydrogens (tertiary/aromatic N) is 1. The van der Waals surface area contributed by atoms with E-state index in [2.05, 4.69) is 14.7 Å². The summed E-state index contributed by atoms with van der Waals surface area (Å²) in [5.74, 6) is 0.411. The van der Waals surface area contributed by atoms with E-state index in [9.17, 15) is 13.2 Å². The van der Waals surface area contributed by atoms with Crippen molar-refractivity contribution >= 4 is 35.4 Å². The summed E-state index contributed by atoms with van der Waals surface area (Å²) in [5.41, 5.74) is 4.08. The standard InChI is InChI=1S/C24H15Cl2F3N2O/c25-18-8-11-20(21(26)13-18)22-14-30-23(31-22)12-3-15-1-4-16(5-2-15)17-6-9-19(10-7-17)32-24(27,28)29/h1-14H,(H,30,31). The molecule has 0 atom stereocenters. The van der Waals surface area contributed by atoms with Crippen LogP contribution in [0, 0.1) is 0 Å². The first-order valence-electron chi connectivity index (χ1n) is 9.42. The number of alkyl halides is 3. The minimum atomic E-state index is -4.70. The quantitative estimate of drug-likeness (QED) is 0.317. The maximum atomic E-state index is 12.3. The van der Waals surface area contributed by atoms with Crippen molar-refractivity contribution in [3.63, 3.8) is 0 Å². The van der Waals surface area contributed by atoms with Gasteiger partial charge in [0.25, 0.3) is 0 Å². The van der Waals surface area contributed by atoms with Gasteiger partial charge in [-0.25, -0.2) is 4.98 Å². The van der Waals surface area contributed by atoms with Gasteiger partial charge in [0.15, 0.2) is 0 Å². The Morgan fingerprint density at radius 3 is 2.12 bits per heavy atom. The Bertz CT molecular complexity index is 1250. The predicted molar refractivity (Wildman–Crippen MR) is 122 cm³/mol. The molecule has 3 aromatic carbocycles. The number of benzene rings is 3. The fraction of sp³-hybridized carbons (Fsp3) is 0.0417. The first-order valence-corrected chi connectivity index (χ1v) is 10.2. The number of nitrogens with one attached hydrogen (secondary N) is 1. The number of aromatic nitrogens is 2. The van der Waals surface area contributed by atoms with Crippen molar-refractivity contribution < 1.29 is 17.9 Å². The van der Waals surface area contributed by atoms with E-state index in [4.69, 9.17) is 23.2 Å². The Balaban J connectivity index is 1.44. The predicted octanol–water partition coefficient (Wildman–Crippen LogP) is 8.12. The SMILES string of the molecule is FC(F)(F)Oc1ccc(-c2ccc(C=Cc3nc(-c4ccc(Cl)cc4Cl)c[nH]3)cc2)cc1. The Morgan fingerprint density at radius 2 is 1.50 bits per heavy atom. The molecule has 1 heterocycles. The molecule has 0 aliphatic rings. The first kappa shape index (κ1) is 22.0. The summed E-state index contributed by atoms with van der Waals surface area (Å²) in [7, 11) is 0. The molecule has 1 N–H and O–H groups in total. The van der Waals surface area contributed by atoms with Crippen LogP contribution in [-0.2, 0) is 0 Å². The Labute approximate surface area is 192 Å². The molecule has 0 amide bonds. The van der Waals surface area contributed by atoms with E-state index < -0.39 is 6.36 Å². The highest BCUT2D eigenvalue weighted by Crippen LogP contribution is 2.30. The van der Waals surface area contributed by atoms with E-state index in [0.717, 1.165) is 22.3 Å². The first-order chi connectivity index (χ1) is 15.3. The molecule has 0 fully saturated rings. The molecule has 0 unspecified atom stereocenters. The minimum Gasteiger partial charge on any atom is -0.406 e. The van der Waals surface area contributed by atoms with Crippen molar-refractivity contribution in [2.75, 3.05) is 0 Å². The number of rotatable bonds is 5. The molecule has 8 heteroatoms. The molecular formula is C24H15Cl2F3N2O. The molecule has 162 valence electrons. The summed E-state index contributed by atoms with van der Waals surface area (Å²) in [6, 6.07) is 18.6. The number of imidazole rings is 1. The van der Waals surface area contributed by atoms with Crippen LogP contribution < -0.4 is 4.74 Å². The second kappa shape index (κ2) is 9.10. The fourth-order valence-corrected chi connectivity index (χ4v) is 3.57. The van der Waals surface area contributed by atoms with Crippen LogP contribution >= 0.6 is 23.2 Å². The summed E-state index contributed by atoms with van der Waals surface area (Å²) in [4.78, 5) is 7.62. The molecule has 32 heavy (non-hydrogen) atoms. The average molecular weight is 475 g/mol. The van der Waals surface area contributed by atoms with Crippen LogP contribution in [0.3, 0.4) is 0 Å². The van der Waals surface area contributed by atoms with E-state index >= 15 is 0 Å². The molecule has 0 radical (unpaired) electrons. The highest BCUT2D eigenvalue weighted by molar-refractivity contribution is 6.36. The van der Waals surface area contributed by atoms with Crippen molar-refractivity contribution in [3.8, 4) is 28.1 Å². The lowest BCUT2D eigenvalue weighted by Crippen LogP contribution is -2.16. The molecule has 0 aliphatic carbocycles. The van der Waals surface area contributed by atoms with E-state index in [-0.39, 0.29) is 5.75 Å². The Hall–Kier alpha value is -3.22. The molecular weight excluding hydrogens is 460 g/mol. The zero-order chi connectivity index (χ0) is 22.7. The maximum Gasteiger partial charge on any atom is 0.573 e. The van der Waals surface area contributed by atoms with Gasteiger partial charge in [-0.1, -0.05) is 65.7 Å². The lowest BCUT2D eigenvalue weighted by Gasteiger charge is -2.09. The van der Waals surface area contributed by atoms with Crippen LogP contribution in [0.1, 0.15) is 11.4 Å². The summed E-state index contributed by atoms with van der Waals surface area (Å²) in [6.07, 6.45) is 0.803. The third-order valence-electron chi connectivity index (χ3n) is 4.57. The maximum absolute atomic E-state index is 12.3. The van der Waals surface area contributed by atoms with Gasteiger partial charge in [-0.15, -0.1) is 13.2 Å². The van der Waals surface area contributed by atoms with Crippen LogP contribution in [0.15, 0.2) is 72.9 Å². The second-order valence-corrected chi connectivity index (χ2v) is 7.67. The third kappa shape index (κ3) is 5.52. The van der Waals surface area contributed by atoms with Crippen LogP contribution in [0.2, 0.25) is 10.0 Å². The van der Waals surface area contributed by atoms with E-state index in [1.165, 1.54) is 12.1 Å². The molecule has 0 saturated heterocycles. The normalized spacial score (nSPS) is 11.8. The lowest BCUT2D eigenvalue weighted by atomic mass is 10.0. The van der Waals surface area contributed by atoms with Gasteiger partial charge in [-0.2, -0.15) is 0 Å². The van der Waals surface area contributed by atoms with Gasteiger partial charge < -0.3 is 9.72 Å². The van der Waals surface area contributed by atoms with Gasteiger partial charge in [0.05, 0.1) is 10.7 Å². The number of hydrogen-bond donors (Lipinski definition) is 1. The van der Waals surface area contributed by atoms with Crippen molar-refractivity contribution in [2.45, 2.75) is 6.36 Å². The van der Waals surface area contributed by atoms with Gasteiger partial charge in [0.2, 0.25) is 0 Å². The molecule has 0 spiro atoms. The zero-order valence-corrected chi connectivity index (χ0v) is 17.8. The van der Waals surface area contributed by atoms with Gasteiger partial charge >= 0.3 is 6.36 Å². The van der Waals surface area contributed by atoms with E-state index in [0.29, 0.717) is 21.6 Å². The Kier molecular flexibility index (Phi) is 6.26. The number of hydrogen-bond acceptors (Lipinski definition) is 2. The van der Waals surface area contributed by atoms with Crippen molar-refractivity contribution in [2.24, 2.45) is 0 Å². The number of ether oxygens (including phenoxy) is 1.